The van der Waals surface area contributed by atoms with Gasteiger partial charge in [-0.3, -0.25) is 0 Å². The Kier molecular flexibility index (Phi) is 4.73. The Hall–Kier alpha value is -2.63. The number of anilines is 1. The molecule has 5 heteroatoms. The third-order valence-corrected chi connectivity index (χ3v) is 4.66. The lowest BCUT2D eigenvalue weighted by atomic mass is 10.0. The van der Waals surface area contributed by atoms with E-state index in [1.54, 1.807) is 0 Å². The average Bonchev–Trinajstić information content (AvgIpc) is 2.71. The molecule has 0 saturated heterocycles. The Labute approximate surface area is 152 Å². The SMILES string of the molecule is OCC(O)CNc1cc(-c2ccc3c(c2)CCCO3)nc2ccccc12. The second kappa shape index (κ2) is 7.32. The number of pyridine rings is 1. The molecule has 1 unspecified atom stereocenters. The van der Waals surface area contributed by atoms with E-state index in [9.17, 15) is 5.11 Å². The van der Waals surface area contributed by atoms with Gasteiger partial charge >= 0.3 is 0 Å². The van der Waals surface area contributed by atoms with Crippen molar-refractivity contribution in [3.8, 4) is 17.0 Å². The summed E-state index contributed by atoms with van der Waals surface area (Å²) >= 11 is 0. The summed E-state index contributed by atoms with van der Waals surface area (Å²) in [5, 5.41) is 22.9. The summed E-state index contributed by atoms with van der Waals surface area (Å²) < 4.78 is 5.70. The summed E-state index contributed by atoms with van der Waals surface area (Å²) in [5.41, 5.74) is 4.92. The van der Waals surface area contributed by atoms with Crippen LogP contribution in [0.25, 0.3) is 22.2 Å². The third kappa shape index (κ3) is 3.36. The summed E-state index contributed by atoms with van der Waals surface area (Å²) in [6.45, 7) is 0.789. The Morgan fingerprint density at radius 1 is 1.15 bits per heavy atom. The smallest absolute Gasteiger partial charge is 0.122 e. The van der Waals surface area contributed by atoms with Gasteiger partial charge in [0.15, 0.2) is 0 Å². The minimum absolute atomic E-state index is 0.270. The molecule has 0 aliphatic carbocycles. The minimum atomic E-state index is -0.800. The number of aryl methyl sites for hydroxylation is 1. The molecule has 0 fully saturated rings. The maximum Gasteiger partial charge on any atom is 0.122 e. The number of hydrogen-bond donors (Lipinski definition) is 3. The number of aliphatic hydroxyl groups is 2. The first kappa shape index (κ1) is 16.8. The Balaban J connectivity index is 1.75. The summed E-state index contributed by atoms with van der Waals surface area (Å²) in [6, 6.07) is 16.1. The van der Waals surface area contributed by atoms with Crippen molar-refractivity contribution >= 4 is 16.6 Å². The van der Waals surface area contributed by atoms with Crippen molar-refractivity contribution in [1.29, 1.82) is 0 Å². The lowest BCUT2D eigenvalue weighted by molar-refractivity contribution is 0.105. The number of fused-ring (bicyclic) bond motifs is 2. The summed E-state index contributed by atoms with van der Waals surface area (Å²) in [5.74, 6) is 0.963. The Bertz CT molecular complexity index is 926. The molecule has 3 aromatic rings. The third-order valence-electron chi connectivity index (χ3n) is 4.66. The zero-order valence-electron chi connectivity index (χ0n) is 14.5. The molecule has 2 aromatic carbocycles. The van der Waals surface area contributed by atoms with Crippen molar-refractivity contribution in [2.45, 2.75) is 18.9 Å². The molecule has 4 rings (SSSR count). The van der Waals surface area contributed by atoms with Crippen LogP contribution in [0.2, 0.25) is 0 Å². The van der Waals surface area contributed by atoms with Crippen molar-refractivity contribution in [2.24, 2.45) is 0 Å². The number of para-hydroxylation sites is 1. The van der Waals surface area contributed by atoms with Crippen LogP contribution in [0.5, 0.6) is 5.75 Å². The van der Waals surface area contributed by atoms with Crippen LogP contribution >= 0.6 is 0 Å². The summed E-state index contributed by atoms with van der Waals surface area (Å²) in [6.07, 6.45) is 1.25. The van der Waals surface area contributed by atoms with Crippen molar-refractivity contribution in [3.63, 3.8) is 0 Å². The first-order valence-electron chi connectivity index (χ1n) is 8.93. The van der Waals surface area contributed by atoms with Gasteiger partial charge in [-0.15, -0.1) is 0 Å². The van der Waals surface area contributed by atoms with E-state index >= 15 is 0 Å². The number of hydrogen-bond acceptors (Lipinski definition) is 5. The fourth-order valence-electron chi connectivity index (χ4n) is 3.28. The highest BCUT2D eigenvalue weighted by atomic mass is 16.5. The predicted octanol–water partition coefficient (Wildman–Crippen LogP) is 2.99. The minimum Gasteiger partial charge on any atom is -0.493 e. The van der Waals surface area contributed by atoms with Gasteiger partial charge in [-0.25, -0.2) is 4.98 Å². The number of ether oxygens (including phenoxy) is 1. The molecule has 0 spiro atoms. The normalized spacial score (nSPS) is 14.5. The van der Waals surface area contributed by atoms with E-state index in [1.165, 1.54) is 5.56 Å². The van der Waals surface area contributed by atoms with E-state index < -0.39 is 6.10 Å². The van der Waals surface area contributed by atoms with Crippen molar-refractivity contribution in [3.05, 3.63) is 54.1 Å². The lowest BCUT2D eigenvalue weighted by Crippen LogP contribution is -2.23. The fraction of sp³-hybridized carbons (Fsp3) is 0.286. The standard InChI is InChI=1S/C21H22N2O3/c24-13-16(25)12-22-20-11-19(23-18-6-2-1-5-17(18)20)14-7-8-21-15(10-14)4-3-9-26-21/h1-2,5-8,10-11,16,24-25H,3-4,9,12-13H2,(H,22,23). The Morgan fingerprint density at radius 3 is 2.92 bits per heavy atom. The van der Waals surface area contributed by atoms with Gasteiger partial charge in [-0.2, -0.15) is 0 Å². The highest BCUT2D eigenvalue weighted by molar-refractivity contribution is 5.93. The quantitative estimate of drug-likeness (QED) is 0.660. The molecule has 1 atom stereocenters. The number of nitrogens with zero attached hydrogens (tertiary/aromatic N) is 1. The van der Waals surface area contributed by atoms with Gasteiger partial charge in [0, 0.05) is 23.2 Å². The van der Waals surface area contributed by atoms with Gasteiger partial charge in [0.25, 0.3) is 0 Å². The zero-order chi connectivity index (χ0) is 17.9. The topological polar surface area (TPSA) is 74.6 Å². The van der Waals surface area contributed by atoms with E-state index in [0.29, 0.717) is 0 Å². The molecule has 134 valence electrons. The monoisotopic (exact) mass is 350 g/mol. The van der Waals surface area contributed by atoms with E-state index in [2.05, 4.69) is 11.4 Å². The average molecular weight is 350 g/mol. The first-order valence-corrected chi connectivity index (χ1v) is 8.93. The maximum atomic E-state index is 9.67. The van der Waals surface area contributed by atoms with Gasteiger partial charge in [-0.1, -0.05) is 18.2 Å². The lowest BCUT2D eigenvalue weighted by Gasteiger charge is -2.18. The van der Waals surface area contributed by atoms with Crippen molar-refractivity contribution < 1.29 is 14.9 Å². The molecule has 1 aliphatic rings. The van der Waals surface area contributed by atoms with Gasteiger partial charge in [0.1, 0.15) is 5.75 Å². The van der Waals surface area contributed by atoms with Crippen LogP contribution in [0.4, 0.5) is 5.69 Å². The second-order valence-corrected chi connectivity index (χ2v) is 6.56. The van der Waals surface area contributed by atoms with E-state index in [1.807, 2.05) is 42.5 Å². The van der Waals surface area contributed by atoms with Crippen LogP contribution in [-0.2, 0) is 6.42 Å². The number of benzene rings is 2. The Morgan fingerprint density at radius 2 is 2.04 bits per heavy atom. The first-order chi connectivity index (χ1) is 12.7. The molecule has 1 aliphatic heterocycles. The van der Waals surface area contributed by atoms with E-state index in [4.69, 9.17) is 14.8 Å². The molecule has 0 amide bonds. The van der Waals surface area contributed by atoms with Crippen LogP contribution in [-0.4, -0.2) is 41.1 Å². The van der Waals surface area contributed by atoms with Gasteiger partial charge in [0.05, 0.1) is 30.5 Å². The van der Waals surface area contributed by atoms with E-state index in [0.717, 1.165) is 53.0 Å². The number of aliphatic hydroxyl groups excluding tert-OH is 2. The maximum absolute atomic E-state index is 9.67. The van der Waals surface area contributed by atoms with Gasteiger partial charge < -0.3 is 20.3 Å². The number of nitrogens with one attached hydrogen (secondary N) is 1. The van der Waals surface area contributed by atoms with Crippen LogP contribution in [0.3, 0.4) is 0 Å². The second-order valence-electron chi connectivity index (χ2n) is 6.56. The predicted molar refractivity (Wildman–Crippen MR) is 103 cm³/mol. The highest BCUT2D eigenvalue weighted by Gasteiger charge is 2.13. The molecule has 5 nitrogen and oxygen atoms in total. The summed E-state index contributed by atoms with van der Waals surface area (Å²) in [4.78, 5) is 4.81. The number of aromatic nitrogens is 1. The number of rotatable bonds is 5. The highest BCUT2D eigenvalue weighted by Crippen LogP contribution is 2.32. The van der Waals surface area contributed by atoms with Crippen LogP contribution in [0.1, 0.15) is 12.0 Å². The molecular formula is C21H22N2O3. The van der Waals surface area contributed by atoms with Gasteiger partial charge in [0.2, 0.25) is 0 Å². The van der Waals surface area contributed by atoms with Gasteiger partial charge in [-0.05, 0) is 48.7 Å². The summed E-state index contributed by atoms with van der Waals surface area (Å²) in [7, 11) is 0. The molecule has 3 N–H and O–H groups in total. The molecule has 0 radical (unpaired) electrons. The van der Waals surface area contributed by atoms with Crippen molar-refractivity contribution in [2.75, 3.05) is 25.1 Å². The van der Waals surface area contributed by atoms with Crippen molar-refractivity contribution in [1.82, 2.24) is 4.98 Å². The van der Waals surface area contributed by atoms with Crippen LogP contribution < -0.4 is 10.1 Å². The molecule has 2 heterocycles. The largest absolute Gasteiger partial charge is 0.493 e. The molecular weight excluding hydrogens is 328 g/mol. The molecule has 0 bridgehead atoms. The molecule has 26 heavy (non-hydrogen) atoms. The van der Waals surface area contributed by atoms with E-state index in [-0.39, 0.29) is 13.2 Å². The zero-order valence-corrected chi connectivity index (χ0v) is 14.5. The molecule has 0 saturated carbocycles. The molecule has 1 aromatic heterocycles. The van der Waals surface area contributed by atoms with Crippen LogP contribution in [0.15, 0.2) is 48.5 Å². The fourth-order valence-corrected chi connectivity index (χ4v) is 3.28. The van der Waals surface area contributed by atoms with Crippen LogP contribution in [0, 0.1) is 0 Å².